The number of carbonyl (C=O) groups is 1. The maximum absolute atomic E-state index is 11.8. The molecule has 0 aliphatic carbocycles. The second-order valence-corrected chi connectivity index (χ2v) is 6.43. The first-order valence-corrected chi connectivity index (χ1v) is 8.32. The van der Waals surface area contributed by atoms with Crippen LogP contribution in [0.25, 0.3) is 0 Å². The predicted molar refractivity (Wildman–Crippen MR) is 81.6 cm³/mol. The average Bonchev–Trinajstić information content (AvgIpc) is 2.38. The van der Waals surface area contributed by atoms with Gasteiger partial charge in [-0.05, 0) is 43.5 Å². The summed E-state index contributed by atoms with van der Waals surface area (Å²) in [7, 11) is -3.80. The zero-order chi connectivity index (χ0) is 16.0. The third-order valence-electron chi connectivity index (χ3n) is 3.07. The molecule has 0 spiro atoms. The number of sulfonamides is 1. The van der Waals surface area contributed by atoms with Crippen LogP contribution in [0.2, 0.25) is 0 Å². The van der Waals surface area contributed by atoms with Gasteiger partial charge in [0, 0.05) is 12.3 Å². The van der Waals surface area contributed by atoms with Crippen LogP contribution in [0, 0.1) is 13.8 Å². The summed E-state index contributed by atoms with van der Waals surface area (Å²) in [5.41, 5.74) is 2.02. The lowest BCUT2D eigenvalue weighted by atomic mass is 10.1. The van der Waals surface area contributed by atoms with Crippen LogP contribution in [0.15, 0.2) is 17.0 Å². The quantitative estimate of drug-likeness (QED) is 0.748. The van der Waals surface area contributed by atoms with E-state index in [0.29, 0.717) is 18.9 Å². The SMILES string of the molecule is CCCOCCC(=O)Nc1cc(S(N)(=O)=O)cc(C)c1C. The van der Waals surface area contributed by atoms with E-state index < -0.39 is 10.0 Å². The van der Waals surface area contributed by atoms with E-state index in [2.05, 4.69) is 5.32 Å². The number of nitrogens with one attached hydrogen (secondary N) is 1. The number of hydrogen-bond acceptors (Lipinski definition) is 4. The van der Waals surface area contributed by atoms with Gasteiger partial charge in [-0.2, -0.15) is 0 Å². The van der Waals surface area contributed by atoms with Gasteiger partial charge in [-0.25, -0.2) is 13.6 Å². The van der Waals surface area contributed by atoms with Crippen LogP contribution in [0.1, 0.15) is 30.9 Å². The Balaban J connectivity index is 2.83. The molecule has 118 valence electrons. The van der Waals surface area contributed by atoms with E-state index in [-0.39, 0.29) is 17.2 Å². The van der Waals surface area contributed by atoms with Crippen LogP contribution in [0.4, 0.5) is 5.69 Å². The first kappa shape index (κ1) is 17.6. The van der Waals surface area contributed by atoms with Crippen LogP contribution < -0.4 is 10.5 Å². The van der Waals surface area contributed by atoms with Gasteiger partial charge >= 0.3 is 0 Å². The van der Waals surface area contributed by atoms with E-state index in [4.69, 9.17) is 9.88 Å². The lowest BCUT2D eigenvalue weighted by Crippen LogP contribution is -2.17. The van der Waals surface area contributed by atoms with Crippen molar-refractivity contribution in [2.75, 3.05) is 18.5 Å². The highest BCUT2D eigenvalue weighted by Gasteiger charge is 2.14. The fraction of sp³-hybridized carbons (Fsp3) is 0.500. The second-order valence-electron chi connectivity index (χ2n) is 4.87. The molecule has 0 saturated carbocycles. The van der Waals surface area contributed by atoms with Gasteiger partial charge in [0.25, 0.3) is 0 Å². The number of hydrogen-bond donors (Lipinski definition) is 2. The number of benzene rings is 1. The molecule has 0 aromatic heterocycles. The number of amides is 1. The molecule has 0 aliphatic rings. The van der Waals surface area contributed by atoms with Gasteiger partial charge in [0.2, 0.25) is 15.9 Å². The number of carbonyl (C=O) groups excluding carboxylic acids is 1. The fourth-order valence-corrected chi connectivity index (χ4v) is 2.37. The van der Waals surface area contributed by atoms with Gasteiger partial charge in [0.1, 0.15) is 0 Å². The number of aryl methyl sites for hydroxylation is 1. The van der Waals surface area contributed by atoms with E-state index in [1.807, 2.05) is 13.8 Å². The molecule has 1 rings (SSSR count). The zero-order valence-electron chi connectivity index (χ0n) is 12.6. The van der Waals surface area contributed by atoms with Gasteiger partial charge in [0.15, 0.2) is 0 Å². The molecular formula is C14H22N2O4S. The maximum Gasteiger partial charge on any atom is 0.238 e. The molecule has 1 amide bonds. The van der Waals surface area contributed by atoms with Crippen molar-refractivity contribution in [3.8, 4) is 0 Å². The molecule has 21 heavy (non-hydrogen) atoms. The summed E-state index contributed by atoms with van der Waals surface area (Å²) in [5, 5.41) is 7.83. The number of primary sulfonamides is 1. The van der Waals surface area contributed by atoms with Crippen molar-refractivity contribution in [2.45, 2.75) is 38.5 Å². The van der Waals surface area contributed by atoms with E-state index in [1.165, 1.54) is 12.1 Å². The molecule has 0 saturated heterocycles. The summed E-state index contributed by atoms with van der Waals surface area (Å²) in [4.78, 5) is 11.8. The van der Waals surface area contributed by atoms with Crippen LogP contribution in [0.3, 0.4) is 0 Å². The third-order valence-corrected chi connectivity index (χ3v) is 3.96. The zero-order valence-corrected chi connectivity index (χ0v) is 13.4. The van der Waals surface area contributed by atoms with Crippen molar-refractivity contribution < 1.29 is 17.9 Å². The minimum Gasteiger partial charge on any atom is -0.381 e. The fourth-order valence-electron chi connectivity index (χ4n) is 1.74. The summed E-state index contributed by atoms with van der Waals surface area (Å²) < 4.78 is 28.1. The average molecular weight is 314 g/mol. The molecule has 0 aliphatic heterocycles. The van der Waals surface area contributed by atoms with Gasteiger partial charge < -0.3 is 10.1 Å². The Labute approximate surface area is 125 Å². The number of ether oxygens (including phenoxy) is 1. The highest BCUT2D eigenvalue weighted by molar-refractivity contribution is 7.89. The number of anilines is 1. The Bertz CT molecular complexity index is 612. The predicted octanol–water partition coefficient (Wildman–Crippen LogP) is 1.71. The molecule has 0 radical (unpaired) electrons. The molecule has 0 unspecified atom stereocenters. The van der Waals surface area contributed by atoms with Crippen molar-refractivity contribution in [1.29, 1.82) is 0 Å². The normalized spacial score (nSPS) is 11.4. The Morgan fingerprint density at radius 2 is 1.95 bits per heavy atom. The Hall–Kier alpha value is -1.44. The summed E-state index contributed by atoms with van der Waals surface area (Å²) in [5.74, 6) is -0.222. The van der Waals surface area contributed by atoms with Crippen LogP contribution in [-0.2, 0) is 19.6 Å². The van der Waals surface area contributed by atoms with E-state index >= 15 is 0 Å². The Morgan fingerprint density at radius 1 is 1.29 bits per heavy atom. The van der Waals surface area contributed by atoms with Gasteiger partial charge in [-0.1, -0.05) is 6.92 Å². The topological polar surface area (TPSA) is 98.5 Å². The van der Waals surface area contributed by atoms with Gasteiger partial charge in [-0.3, -0.25) is 4.79 Å². The van der Waals surface area contributed by atoms with Crippen molar-refractivity contribution in [1.82, 2.24) is 0 Å². The Kier molecular flexibility index (Phi) is 6.32. The van der Waals surface area contributed by atoms with Crippen molar-refractivity contribution in [3.63, 3.8) is 0 Å². The summed E-state index contributed by atoms with van der Waals surface area (Å²) in [6.45, 7) is 6.53. The Morgan fingerprint density at radius 3 is 2.52 bits per heavy atom. The summed E-state index contributed by atoms with van der Waals surface area (Å²) >= 11 is 0. The minimum absolute atomic E-state index is 0.0110. The molecule has 6 nitrogen and oxygen atoms in total. The van der Waals surface area contributed by atoms with Crippen LogP contribution in [0.5, 0.6) is 0 Å². The van der Waals surface area contributed by atoms with Crippen LogP contribution in [-0.4, -0.2) is 27.5 Å². The van der Waals surface area contributed by atoms with Gasteiger partial charge in [0.05, 0.1) is 17.9 Å². The first-order valence-electron chi connectivity index (χ1n) is 6.77. The molecule has 1 aromatic carbocycles. The monoisotopic (exact) mass is 314 g/mol. The van der Waals surface area contributed by atoms with E-state index in [9.17, 15) is 13.2 Å². The molecule has 0 heterocycles. The molecule has 3 N–H and O–H groups in total. The summed E-state index contributed by atoms with van der Waals surface area (Å²) in [6.07, 6.45) is 1.12. The van der Waals surface area contributed by atoms with Gasteiger partial charge in [-0.15, -0.1) is 0 Å². The highest BCUT2D eigenvalue weighted by atomic mass is 32.2. The minimum atomic E-state index is -3.80. The molecule has 1 aromatic rings. The second kappa shape index (κ2) is 7.53. The molecule has 0 bridgehead atoms. The highest BCUT2D eigenvalue weighted by Crippen LogP contribution is 2.23. The number of rotatable bonds is 7. The lowest BCUT2D eigenvalue weighted by Gasteiger charge is -2.12. The smallest absolute Gasteiger partial charge is 0.238 e. The van der Waals surface area contributed by atoms with Crippen molar-refractivity contribution in [2.24, 2.45) is 5.14 Å². The molecule has 7 heteroatoms. The molecular weight excluding hydrogens is 292 g/mol. The maximum atomic E-state index is 11.8. The van der Waals surface area contributed by atoms with E-state index in [1.54, 1.807) is 6.92 Å². The van der Waals surface area contributed by atoms with Crippen molar-refractivity contribution >= 4 is 21.6 Å². The first-order chi connectivity index (χ1) is 9.75. The number of nitrogens with two attached hydrogens (primary N) is 1. The molecule has 0 fully saturated rings. The largest absolute Gasteiger partial charge is 0.381 e. The van der Waals surface area contributed by atoms with E-state index in [0.717, 1.165) is 17.5 Å². The van der Waals surface area contributed by atoms with Crippen LogP contribution >= 0.6 is 0 Å². The standard InChI is InChI=1S/C14H22N2O4S/c1-4-6-20-7-5-14(17)16-13-9-12(21(15,18)19)8-10(2)11(13)3/h8-9H,4-7H2,1-3H3,(H,16,17)(H2,15,18,19). The third kappa shape index (κ3) is 5.45. The molecule has 0 atom stereocenters. The lowest BCUT2D eigenvalue weighted by molar-refractivity contribution is -0.117. The summed E-state index contributed by atoms with van der Waals surface area (Å²) in [6, 6.07) is 2.87. The van der Waals surface area contributed by atoms with Crippen molar-refractivity contribution in [3.05, 3.63) is 23.3 Å².